The van der Waals surface area contributed by atoms with Crippen LogP contribution < -0.4 is 5.32 Å². The summed E-state index contributed by atoms with van der Waals surface area (Å²) >= 11 is 0. The molecular formula is C16H23NO. The molecule has 0 spiro atoms. The van der Waals surface area contributed by atoms with E-state index in [4.69, 9.17) is 4.74 Å². The van der Waals surface area contributed by atoms with Crippen LogP contribution in [-0.4, -0.2) is 25.8 Å². The Balaban J connectivity index is 1.73. The second-order valence-corrected chi connectivity index (χ2v) is 5.64. The van der Waals surface area contributed by atoms with Crippen LogP contribution in [0.3, 0.4) is 0 Å². The van der Waals surface area contributed by atoms with Gasteiger partial charge >= 0.3 is 0 Å². The Morgan fingerprint density at radius 2 is 1.94 bits per heavy atom. The van der Waals surface area contributed by atoms with Crippen LogP contribution in [0.1, 0.15) is 24.5 Å². The van der Waals surface area contributed by atoms with E-state index >= 15 is 0 Å². The second kappa shape index (κ2) is 5.41. The molecule has 18 heavy (non-hydrogen) atoms. The Hall–Kier alpha value is -0.860. The van der Waals surface area contributed by atoms with Gasteiger partial charge in [-0.2, -0.15) is 0 Å². The first-order chi connectivity index (χ1) is 8.88. The molecule has 1 N–H and O–H groups in total. The van der Waals surface area contributed by atoms with Crippen molar-refractivity contribution in [2.24, 2.45) is 11.8 Å². The zero-order chi connectivity index (χ0) is 12.4. The zero-order valence-electron chi connectivity index (χ0n) is 11.2. The van der Waals surface area contributed by atoms with Crippen molar-refractivity contribution in [3.8, 4) is 0 Å². The third kappa shape index (κ3) is 2.32. The predicted molar refractivity (Wildman–Crippen MR) is 73.7 cm³/mol. The first kappa shape index (κ1) is 12.2. The molecule has 0 bridgehead atoms. The third-order valence-corrected chi connectivity index (χ3v) is 4.50. The molecule has 1 saturated heterocycles. The summed E-state index contributed by atoms with van der Waals surface area (Å²) in [5, 5.41) is 3.72. The van der Waals surface area contributed by atoms with Gasteiger partial charge in [0.2, 0.25) is 0 Å². The molecule has 2 heteroatoms. The highest BCUT2D eigenvalue weighted by Gasteiger charge is 2.34. The number of rotatable bonds is 4. The summed E-state index contributed by atoms with van der Waals surface area (Å²) in [7, 11) is 0. The van der Waals surface area contributed by atoms with Crippen LogP contribution in [0.15, 0.2) is 24.3 Å². The highest BCUT2D eigenvalue weighted by Crippen LogP contribution is 2.33. The zero-order valence-corrected chi connectivity index (χ0v) is 11.2. The van der Waals surface area contributed by atoms with Gasteiger partial charge < -0.3 is 10.1 Å². The highest BCUT2D eigenvalue weighted by molar-refractivity contribution is 5.32. The Kier molecular flexibility index (Phi) is 3.67. The van der Waals surface area contributed by atoms with Gasteiger partial charge in [0.25, 0.3) is 0 Å². The number of ether oxygens (including phenoxy) is 1. The maximum absolute atomic E-state index is 5.58. The normalized spacial score (nSPS) is 25.3. The highest BCUT2D eigenvalue weighted by atomic mass is 16.5. The van der Waals surface area contributed by atoms with E-state index in [1.54, 1.807) is 11.1 Å². The first-order valence-corrected chi connectivity index (χ1v) is 7.26. The lowest BCUT2D eigenvalue weighted by Gasteiger charge is -2.29. The molecule has 98 valence electrons. The van der Waals surface area contributed by atoms with Gasteiger partial charge in [0.05, 0.1) is 6.61 Å². The van der Waals surface area contributed by atoms with E-state index in [0.717, 1.165) is 25.7 Å². The molecule has 0 amide bonds. The molecule has 1 aromatic carbocycles. The topological polar surface area (TPSA) is 21.3 Å². The number of benzene rings is 1. The Morgan fingerprint density at radius 3 is 2.50 bits per heavy atom. The van der Waals surface area contributed by atoms with Gasteiger partial charge in [-0.05, 0) is 42.9 Å². The molecule has 0 radical (unpaired) electrons. The summed E-state index contributed by atoms with van der Waals surface area (Å²) in [4.78, 5) is 0. The minimum atomic E-state index is 0.630. The summed E-state index contributed by atoms with van der Waals surface area (Å²) < 4.78 is 5.58. The Bertz CT molecular complexity index is 373. The average Bonchev–Trinajstić information content (AvgIpc) is 3.04. The summed E-state index contributed by atoms with van der Waals surface area (Å²) in [6.07, 6.45) is 3.71. The molecular weight excluding hydrogens is 222 g/mol. The smallest absolute Gasteiger partial charge is 0.0510 e. The molecule has 2 unspecified atom stereocenters. The van der Waals surface area contributed by atoms with Crippen molar-refractivity contribution in [3.05, 3.63) is 35.4 Å². The monoisotopic (exact) mass is 245 g/mol. The standard InChI is InChI=1S/C16H23NO/c1-2-17-16(14-7-8-18-11-14)15-9-12-5-3-4-6-13(12)10-15/h3-6,14-17H,2,7-11H2,1H3. The lowest BCUT2D eigenvalue weighted by Crippen LogP contribution is -2.43. The van der Waals surface area contributed by atoms with Crippen LogP contribution in [0.2, 0.25) is 0 Å². The third-order valence-electron chi connectivity index (χ3n) is 4.50. The van der Waals surface area contributed by atoms with Crippen LogP contribution in [0.25, 0.3) is 0 Å². The summed E-state index contributed by atoms with van der Waals surface area (Å²) in [6.45, 7) is 5.18. The van der Waals surface area contributed by atoms with Crippen LogP contribution >= 0.6 is 0 Å². The van der Waals surface area contributed by atoms with E-state index in [9.17, 15) is 0 Å². The molecule has 1 aliphatic heterocycles. The van der Waals surface area contributed by atoms with Gasteiger partial charge in [0.1, 0.15) is 0 Å². The lowest BCUT2D eigenvalue weighted by atomic mass is 9.85. The van der Waals surface area contributed by atoms with Crippen molar-refractivity contribution in [1.29, 1.82) is 0 Å². The van der Waals surface area contributed by atoms with Crippen molar-refractivity contribution in [3.63, 3.8) is 0 Å². The SMILES string of the molecule is CCNC(C1CCOC1)C1Cc2ccccc2C1. The second-order valence-electron chi connectivity index (χ2n) is 5.64. The van der Waals surface area contributed by atoms with Gasteiger partial charge in [-0.25, -0.2) is 0 Å². The molecule has 1 aliphatic carbocycles. The van der Waals surface area contributed by atoms with Gasteiger partial charge in [-0.3, -0.25) is 0 Å². The minimum absolute atomic E-state index is 0.630. The van der Waals surface area contributed by atoms with Crippen molar-refractivity contribution < 1.29 is 4.74 Å². The predicted octanol–water partition coefficient (Wildman–Crippen LogP) is 2.42. The molecule has 1 aromatic rings. The van der Waals surface area contributed by atoms with Crippen LogP contribution in [-0.2, 0) is 17.6 Å². The number of fused-ring (bicyclic) bond motifs is 1. The molecule has 2 atom stereocenters. The van der Waals surface area contributed by atoms with Crippen molar-refractivity contribution in [1.82, 2.24) is 5.32 Å². The van der Waals surface area contributed by atoms with E-state index < -0.39 is 0 Å². The summed E-state index contributed by atoms with van der Waals surface area (Å²) in [5.41, 5.74) is 3.12. The maximum atomic E-state index is 5.58. The van der Waals surface area contributed by atoms with Gasteiger partial charge in [0, 0.05) is 18.6 Å². The molecule has 0 saturated carbocycles. The largest absolute Gasteiger partial charge is 0.381 e. The van der Waals surface area contributed by atoms with E-state index in [0.29, 0.717) is 12.0 Å². The minimum Gasteiger partial charge on any atom is -0.381 e. The van der Waals surface area contributed by atoms with Crippen LogP contribution in [0.4, 0.5) is 0 Å². The Morgan fingerprint density at radius 1 is 1.22 bits per heavy atom. The number of nitrogens with one attached hydrogen (secondary N) is 1. The van der Waals surface area contributed by atoms with Crippen LogP contribution in [0, 0.1) is 11.8 Å². The van der Waals surface area contributed by atoms with Gasteiger partial charge in [0.15, 0.2) is 0 Å². The molecule has 1 fully saturated rings. The van der Waals surface area contributed by atoms with Crippen molar-refractivity contribution >= 4 is 0 Å². The van der Waals surface area contributed by atoms with E-state index in [1.807, 2.05) is 0 Å². The first-order valence-electron chi connectivity index (χ1n) is 7.26. The Labute approximate surface area is 110 Å². The molecule has 2 nitrogen and oxygen atoms in total. The molecule has 2 aliphatic rings. The van der Waals surface area contributed by atoms with E-state index in [2.05, 4.69) is 36.5 Å². The number of hydrogen-bond donors (Lipinski definition) is 1. The van der Waals surface area contributed by atoms with Gasteiger partial charge in [-0.15, -0.1) is 0 Å². The summed E-state index contributed by atoms with van der Waals surface area (Å²) in [5.74, 6) is 1.47. The molecule has 3 rings (SSSR count). The number of hydrogen-bond acceptors (Lipinski definition) is 2. The summed E-state index contributed by atoms with van der Waals surface area (Å²) in [6, 6.07) is 9.56. The fraction of sp³-hybridized carbons (Fsp3) is 0.625. The van der Waals surface area contributed by atoms with Crippen LogP contribution in [0.5, 0.6) is 0 Å². The molecule has 1 heterocycles. The van der Waals surface area contributed by atoms with E-state index in [-0.39, 0.29) is 0 Å². The quantitative estimate of drug-likeness (QED) is 0.879. The fourth-order valence-electron chi connectivity index (χ4n) is 3.64. The van der Waals surface area contributed by atoms with E-state index in [1.165, 1.54) is 19.3 Å². The maximum Gasteiger partial charge on any atom is 0.0510 e. The average molecular weight is 245 g/mol. The lowest BCUT2D eigenvalue weighted by molar-refractivity contribution is 0.166. The molecule has 0 aromatic heterocycles. The van der Waals surface area contributed by atoms with Crippen molar-refractivity contribution in [2.75, 3.05) is 19.8 Å². The van der Waals surface area contributed by atoms with Gasteiger partial charge in [-0.1, -0.05) is 31.2 Å². The fourth-order valence-corrected chi connectivity index (χ4v) is 3.64. The van der Waals surface area contributed by atoms with Crippen molar-refractivity contribution in [2.45, 2.75) is 32.2 Å².